The van der Waals surface area contributed by atoms with Crippen molar-refractivity contribution in [1.82, 2.24) is 0 Å². The van der Waals surface area contributed by atoms with Gasteiger partial charge in [0.2, 0.25) is 0 Å². The average Bonchev–Trinajstić information content (AvgIpc) is 2.38. The van der Waals surface area contributed by atoms with Crippen molar-refractivity contribution in [3.05, 3.63) is 28.2 Å². The number of hydrogen-bond acceptors (Lipinski definition) is 2. The first kappa shape index (κ1) is 15.2. The maximum Gasteiger partial charge on any atom is 0.417 e. The molecule has 1 aromatic carbocycles. The van der Waals surface area contributed by atoms with E-state index in [1.54, 1.807) is 6.07 Å². The lowest BCUT2D eigenvalue weighted by Gasteiger charge is -2.47. The van der Waals surface area contributed by atoms with Crippen molar-refractivity contribution in [3.63, 3.8) is 0 Å². The fourth-order valence-electron chi connectivity index (χ4n) is 3.14. The molecule has 2 aliphatic rings. The van der Waals surface area contributed by atoms with Gasteiger partial charge in [-0.05, 0) is 50.3 Å². The van der Waals surface area contributed by atoms with Crippen molar-refractivity contribution < 1.29 is 17.9 Å². The summed E-state index contributed by atoms with van der Waals surface area (Å²) in [5, 5.41) is 3.24. The number of hydrogen-bond donors (Lipinski definition) is 1. The Balaban J connectivity index is 1.73. The van der Waals surface area contributed by atoms with Gasteiger partial charge in [0.1, 0.15) is 0 Å². The second-order valence-corrected chi connectivity index (χ2v) is 6.77. The minimum absolute atomic E-state index is 0.0157. The van der Waals surface area contributed by atoms with Crippen molar-refractivity contribution >= 4 is 21.6 Å². The quantitative estimate of drug-likeness (QED) is 0.799. The Morgan fingerprint density at radius 3 is 2.67 bits per heavy atom. The molecule has 2 fully saturated rings. The molecule has 3 rings (SSSR count). The zero-order valence-corrected chi connectivity index (χ0v) is 13.1. The summed E-state index contributed by atoms with van der Waals surface area (Å²) in [5.74, 6) is 0. The van der Waals surface area contributed by atoms with Crippen molar-refractivity contribution in [1.29, 1.82) is 0 Å². The van der Waals surface area contributed by atoms with E-state index < -0.39 is 11.7 Å². The zero-order chi connectivity index (χ0) is 15.1. The molecule has 1 aliphatic heterocycles. The van der Waals surface area contributed by atoms with Gasteiger partial charge in [-0.1, -0.05) is 15.9 Å². The van der Waals surface area contributed by atoms with Crippen LogP contribution in [-0.4, -0.2) is 18.2 Å². The molecule has 1 aromatic rings. The third-order valence-corrected chi connectivity index (χ3v) is 5.09. The second kappa shape index (κ2) is 5.47. The van der Waals surface area contributed by atoms with E-state index in [-0.39, 0.29) is 16.1 Å². The highest BCUT2D eigenvalue weighted by Crippen LogP contribution is 2.43. The van der Waals surface area contributed by atoms with E-state index in [4.69, 9.17) is 4.74 Å². The van der Waals surface area contributed by atoms with Gasteiger partial charge >= 0.3 is 6.18 Å². The average molecular weight is 364 g/mol. The predicted molar refractivity (Wildman–Crippen MR) is 78.3 cm³/mol. The lowest BCUT2D eigenvalue weighted by molar-refractivity contribution is -0.138. The van der Waals surface area contributed by atoms with Crippen molar-refractivity contribution in [2.75, 3.05) is 11.9 Å². The summed E-state index contributed by atoms with van der Waals surface area (Å²) in [6.45, 7) is 0.681. The largest absolute Gasteiger partial charge is 0.417 e. The number of anilines is 1. The maximum atomic E-state index is 12.9. The fraction of sp³-hybridized carbons (Fsp3) is 0.600. The number of nitrogens with one attached hydrogen (secondary N) is 1. The summed E-state index contributed by atoms with van der Waals surface area (Å²) < 4.78 is 44.7. The Bertz CT molecular complexity index is 528. The molecule has 1 spiro atoms. The molecule has 0 radical (unpaired) electrons. The highest BCUT2D eigenvalue weighted by molar-refractivity contribution is 9.10. The molecule has 2 nitrogen and oxygen atoms in total. The smallest absolute Gasteiger partial charge is 0.382 e. The highest BCUT2D eigenvalue weighted by Gasteiger charge is 2.42. The molecule has 1 heterocycles. The molecule has 1 saturated heterocycles. The summed E-state index contributed by atoms with van der Waals surface area (Å²) in [4.78, 5) is 0. The van der Waals surface area contributed by atoms with Gasteiger partial charge in [-0.15, -0.1) is 0 Å². The van der Waals surface area contributed by atoms with Crippen LogP contribution in [0.1, 0.15) is 37.7 Å². The molecule has 0 bridgehead atoms. The minimum Gasteiger partial charge on any atom is -0.382 e. The first-order valence-corrected chi connectivity index (χ1v) is 7.95. The summed E-state index contributed by atoms with van der Waals surface area (Å²) in [5.41, 5.74) is -0.136. The third-order valence-electron chi connectivity index (χ3n) is 4.40. The molecular weight excluding hydrogens is 347 g/mol. The molecule has 0 amide bonds. The summed E-state index contributed by atoms with van der Waals surface area (Å²) in [6, 6.07) is 4.49. The van der Waals surface area contributed by atoms with Crippen LogP contribution < -0.4 is 5.32 Å². The monoisotopic (exact) mass is 363 g/mol. The Morgan fingerprint density at radius 2 is 2.05 bits per heavy atom. The van der Waals surface area contributed by atoms with Crippen LogP contribution in [0, 0.1) is 0 Å². The lowest BCUT2D eigenvalue weighted by Crippen LogP contribution is -2.49. The third kappa shape index (κ3) is 3.21. The van der Waals surface area contributed by atoms with E-state index in [1.165, 1.54) is 18.6 Å². The summed E-state index contributed by atoms with van der Waals surface area (Å²) >= 11 is 2.96. The summed E-state index contributed by atoms with van der Waals surface area (Å²) in [7, 11) is 0. The van der Waals surface area contributed by atoms with Gasteiger partial charge in [-0.25, -0.2) is 0 Å². The van der Waals surface area contributed by atoms with Crippen LogP contribution in [0.25, 0.3) is 0 Å². The van der Waals surface area contributed by atoms with Gasteiger partial charge in [-0.2, -0.15) is 13.2 Å². The molecule has 1 saturated carbocycles. The Hall–Kier alpha value is -0.750. The SMILES string of the molecule is FC(F)(F)c1cc(NC2CCOC3(CCC3)C2)ccc1Br. The van der Waals surface area contributed by atoms with Crippen LogP contribution in [0.15, 0.2) is 22.7 Å². The van der Waals surface area contributed by atoms with Crippen molar-refractivity contribution in [2.24, 2.45) is 0 Å². The van der Waals surface area contributed by atoms with Crippen LogP contribution in [0.4, 0.5) is 18.9 Å². The molecule has 21 heavy (non-hydrogen) atoms. The molecule has 116 valence electrons. The molecule has 0 aromatic heterocycles. The van der Waals surface area contributed by atoms with Crippen LogP contribution >= 0.6 is 15.9 Å². The predicted octanol–water partition coefficient (Wildman–Crippen LogP) is 4.98. The van der Waals surface area contributed by atoms with E-state index >= 15 is 0 Å². The molecular formula is C15H17BrF3NO. The Labute approximate surface area is 130 Å². The lowest BCUT2D eigenvalue weighted by atomic mass is 9.74. The molecule has 1 N–H and O–H groups in total. The molecule has 1 unspecified atom stereocenters. The number of ether oxygens (including phenoxy) is 1. The normalized spacial score (nSPS) is 24.7. The van der Waals surface area contributed by atoms with Crippen LogP contribution in [0.3, 0.4) is 0 Å². The molecule has 1 aliphatic carbocycles. The Morgan fingerprint density at radius 1 is 1.29 bits per heavy atom. The van der Waals surface area contributed by atoms with Gasteiger partial charge in [-0.3, -0.25) is 0 Å². The standard InChI is InChI=1S/C15H17BrF3NO/c16-13-3-2-10(8-12(13)15(17,18)19)20-11-4-7-21-14(9-11)5-1-6-14/h2-3,8,11,20H,1,4-7,9H2. The topological polar surface area (TPSA) is 21.3 Å². The zero-order valence-electron chi connectivity index (χ0n) is 11.5. The Kier molecular flexibility index (Phi) is 3.94. The minimum atomic E-state index is -4.35. The van der Waals surface area contributed by atoms with E-state index in [0.717, 1.165) is 25.7 Å². The number of benzene rings is 1. The maximum absolute atomic E-state index is 12.9. The van der Waals surface area contributed by atoms with Crippen molar-refractivity contribution in [3.8, 4) is 0 Å². The fourth-order valence-corrected chi connectivity index (χ4v) is 3.61. The number of rotatable bonds is 2. The van der Waals surface area contributed by atoms with Crippen LogP contribution in [0.5, 0.6) is 0 Å². The molecule has 1 atom stereocenters. The van der Waals surface area contributed by atoms with E-state index in [2.05, 4.69) is 21.2 Å². The van der Waals surface area contributed by atoms with Crippen LogP contribution in [0.2, 0.25) is 0 Å². The van der Waals surface area contributed by atoms with Crippen molar-refractivity contribution in [2.45, 2.75) is 49.9 Å². The first-order valence-electron chi connectivity index (χ1n) is 7.15. The number of halogens is 4. The van der Waals surface area contributed by atoms with E-state index in [0.29, 0.717) is 12.3 Å². The van der Waals surface area contributed by atoms with Gasteiger partial charge in [0.15, 0.2) is 0 Å². The van der Waals surface area contributed by atoms with Gasteiger partial charge in [0, 0.05) is 22.8 Å². The van der Waals surface area contributed by atoms with Gasteiger partial charge < -0.3 is 10.1 Å². The van der Waals surface area contributed by atoms with E-state index in [9.17, 15) is 13.2 Å². The highest BCUT2D eigenvalue weighted by atomic mass is 79.9. The number of alkyl halides is 3. The molecule has 6 heteroatoms. The van der Waals surface area contributed by atoms with Gasteiger partial charge in [0.25, 0.3) is 0 Å². The van der Waals surface area contributed by atoms with Gasteiger partial charge in [0.05, 0.1) is 11.2 Å². The summed E-state index contributed by atoms with van der Waals surface area (Å²) in [6.07, 6.45) is 0.687. The van der Waals surface area contributed by atoms with E-state index in [1.807, 2.05) is 0 Å². The second-order valence-electron chi connectivity index (χ2n) is 5.91. The first-order chi connectivity index (χ1) is 9.88. The van der Waals surface area contributed by atoms with Crippen LogP contribution in [-0.2, 0) is 10.9 Å².